The van der Waals surface area contributed by atoms with Crippen LogP contribution >= 0.6 is 0 Å². The van der Waals surface area contributed by atoms with Gasteiger partial charge in [0.05, 0.1) is 0 Å². The molecular weight excluding hydrogens is 84.1 g/mol. The van der Waals surface area contributed by atoms with Gasteiger partial charge in [-0.25, -0.2) is 0 Å². The molecule has 1 rings (SSSR count). The van der Waals surface area contributed by atoms with Gasteiger partial charge in [0.2, 0.25) is 0 Å². The molecule has 0 nitrogen and oxygen atoms in total. The molecule has 0 atom stereocenters. The van der Waals surface area contributed by atoms with E-state index >= 15 is 0 Å². The van der Waals surface area contributed by atoms with E-state index in [9.17, 15) is 0 Å². The third-order valence-electron chi connectivity index (χ3n) is 1.08. The summed E-state index contributed by atoms with van der Waals surface area (Å²) in [5.41, 5.74) is 1.54. The van der Waals surface area contributed by atoms with Gasteiger partial charge in [0.15, 0.2) is 0 Å². The SMILES string of the molecule is C#CCCC1=CC1. The van der Waals surface area contributed by atoms with Gasteiger partial charge in [-0.05, 0) is 12.8 Å². The minimum atomic E-state index is 0.922. The molecule has 0 aliphatic heterocycles. The Bertz CT molecular complexity index is 123. The minimum Gasteiger partial charge on any atom is -0.120 e. The fourth-order valence-electron chi connectivity index (χ4n) is 0.509. The van der Waals surface area contributed by atoms with Crippen molar-refractivity contribution >= 4 is 0 Å². The Hall–Kier alpha value is -0.700. The van der Waals surface area contributed by atoms with Crippen LogP contribution in [0.4, 0.5) is 0 Å². The second-order valence-corrected chi connectivity index (χ2v) is 1.77. The second kappa shape index (κ2) is 1.84. The van der Waals surface area contributed by atoms with E-state index in [1.807, 2.05) is 0 Å². The largest absolute Gasteiger partial charge is 0.120 e. The molecule has 0 saturated carbocycles. The third-order valence-corrected chi connectivity index (χ3v) is 1.08. The molecule has 0 bridgehead atoms. The first-order valence-electron chi connectivity index (χ1n) is 2.55. The van der Waals surface area contributed by atoms with Crippen LogP contribution in [0.5, 0.6) is 0 Å². The molecule has 1 aliphatic rings. The van der Waals surface area contributed by atoms with E-state index in [-0.39, 0.29) is 0 Å². The molecule has 0 amide bonds. The molecule has 7 heavy (non-hydrogen) atoms. The van der Waals surface area contributed by atoms with Crippen LogP contribution in [-0.2, 0) is 0 Å². The Kier molecular flexibility index (Phi) is 1.17. The van der Waals surface area contributed by atoms with Crippen LogP contribution in [0.1, 0.15) is 19.3 Å². The highest BCUT2D eigenvalue weighted by molar-refractivity contribution is 5.22. The maximum atomic E-state index is 5.03. The lowest BCUT2D eigenvalue weighted by Gasteiger charge is -1.79. The lowest BCUT2D eigenvalue weighted by molar-refractivity contribution is 1.04. The van der Waals surface area contributed by atoms with Gasteiger partial charge in [0, 0.05) is 6.42 Å². The second-order valence-electron chi connectivity index (χ2n) is 1.77. The molecule has 1 aliphatic carbocycles. The van der Waals surface area contributed by atoms with Crippen LogP contribution in [-0.4, -0.2) is 0 Å². The van der Waals surface area contributed by atoms with Gasteiger partial charge >= 0.3 is 0 Å². The minimum absolute atomic E-state index is 0.922. The highest BCUT2D eigenvalue weighted by Gasteiger charge is 2.03. The Morgan fingerprint density at radius 3 is 3.00 bits per heavy atom. The van der Waals surface area contributed by atoms with Crippen LogP contribution < -0.4 is 0 Å². The number of hydrogen-bond donors (Lipinski definition) is 0. The molecule has 0 saturated heterocycles. The molecule has 0 N–H and O–H groups in total. The van der Waals surface area contributed by atoms with E-state index in [1.54, 1.807) is 0 Å². The molecule has 0 unspecified atom stereocenters. The van der Waals surface area contributed by atoms with Gasteiger partial charge in [0.1, 0.15) is 0 Å². The van der Waals surface area contributed by atoms with Gasteiger partial charge in [-0.1, -0.05) is 11.6 Å². The fourth-order valence-corrected chi connectivity index (χ4v) is 0.509. The highest BCUT2D eigenvalue weighted by Crippen LogP contribution is 2.22. The predicted molar refractivity (Wildman–Crippen MR) is 30.8 cm³/mol. The Morgan fingerprint density at radius 1 is 1.86 bits per heavy atom. The van der Waals surface area contributed by atoms with Gasteiger partial charge < -0.3 is 0 Å². The van der Waals surface area contributed by atoms with Crippen molar-refractivity contribution < 1.29 is 0 Å². The molecular formula is C7H8. The van der Waals surface area contributed by atoms with Crippen LogP contribution in [0, 0.1) is 12.3 Å². The van der Waals surface area contributed by atoms with E-state index in [1.165, 1.54) is 12.0 Å². The maximum absolute atomic E-state index is 5.03. The Morgan fingerprint density at radius 2 is 2.57 bits per heavy atom. The zero-order valence-corrected chi connectivity index (χ0v) is 4.28. The summed E-state index contributed by atoms with van der Waals surface area (Å²) in [4.78, 5) is 0. The van der Waals surface area contributed by atoms with Gasteiger partial charge in [-0.3, -0.25) is 0 Å². The molecule has 0 aromatic carbocycles. The quantitative estimate of drug-likeness (QED) is 0.359. The van der Waals surface area contributed by atoms with Crippen LogP contribution in [0.25, 0.3) is 0 Å². The summed E-state index contributed by atoms with van der Waals surface area (Å²) in [7, 11) is 0. The van der Waals surface area contributed by atoms with Crippen molar-refractivity contribution in [2.24, 2.45) is 0 Å². The molecule has 0 radical (unpaired) electrons. The molecule has 0 fully saturated rings. The van der Waals surface area contributed by atoms with Gasteiger partial charge in [-0.15, -0.1) is 12.3 Å². The van der Waals surface area contributed by atoms with Crippen LogP contribution in [0.3, 0.4) is 0 Å². The first-order valence-corrected chi connectivity index (χ1v) is 2.55. The first kappa shape index (κ1) is 4.46. The highest BCUT2D eigenvalue weighted by atomic mass is 14.1. The number of hydrogen-bond acceptors (Lipinski definition) is 0. The van der Waals surface area contributed by atoms with Crippen molar-refractivity contribution in [2.75, 3.05) is 0 Å². The number of rotatable bonds is 2. The van der Waals surface area contributed by atoms with Crippen LogP contribution in [0.2, 0.25) is 0 Å². The number of terminal acetylenes is 1. The zero-order chi connectivity index (χ0) is 5.11. The van der Waals surface area contributed by atoms with Gasteiger partial charge in [0.25, 0.3) is 0 Å². The number of allylic oxidation sites excluding steroid dienone is 2. The fraction of sp³-hybridized carbons (Fsp3) is 0.429. The van der Waals surface area contributed by atoms with E-state index in [0.29, 0.717) is 0 Å². The monoisotopic (exact) mass is 92.1 g/mol. The zero-order valence-electron chi connectivity index (χ0n) is 4.28. The van der Waals surface area contributed by atoms with E-state index in [2.05, 4.69) is 12.0 Å². The maximum Gasteiger partial charge on any atom is 0.0123 e. The lowest BCUT2D eigenvalue weighted by Crippen LogP contribution is -1.63. The average Bonchev–Trinajstić information content (AvgIpc) is 2.42. The van der Waals surface area contributed by atoms with E-state index in [0.717, 1.165) is 12.8 Å². The Labute approximate surface area is 44.2 Å². The first-order chi connectivity index (χ1) is 3.43. The van der Waals surface area contributed by atoms with Gasteiger partial charge in [-0.2, -0.15) is 0 Å². The topological polar surface area (TPSA) is 0 Å². The summed E-state index contributed by atoms with van der Waals surface area (Å²) in [6, 6.07) is 0. The Balaban J connectivity index is 2.02. The van der Waals surface area contributed by atoms with Crippen molar-refractivity contribution in [3.05, 3.63) is 11.6 Å². The molecule has 0 aromatic heterocycles. The molecule has 0 heteroatoms. The van der Waals surface area contributed by atoms with Crippen LogP contribution in [0.15, 0.2) is 11.6 Å². The molecule has 0 spiro atoms. The van der Waals surface area contributed by atoms with Crippen molar-refractivity contribution in [2.45, 2.75) is 19.3 Å². The standard InChI is InChI=1S/C7H8/c1-2-3-4-7-5-6-7/h1,5H,3-4,6H2. The smallest absolute Gasteiger partial charge is 0.0123 e. The van der Waals surface area contributed by atoms with Crippen molar-refractivity contribution in [1.82, 2.24) is 0 Å². The summed E-state index contributed by atoms with van der Waals surface area (Å²) in [6.07, 6.45) is 10.5. The van der Waals surface area contributed by atoms with Crippen molar-refractivity contribution in [3.8, 4) is 12.3 Å². The summed E-state index contributed by atoms with van der Waals surface area (Å²) in [5, 5.41) is 0. The summed E-state index contributed by atoms with van der Waals surface area (Å²) in [5.74, 6) is 2.60. The summed E-state index contributed by atoms with van der Waals surface area (Å²) in [6.45, 7) is 0. The van der Waals surface area contributed by atoms with Crippen molar-refractivity contribution in [3.63, 3.8) is 0 Å². The predicted octanol–water partition coefficient (Wildman–Crippen LogP) is 1.73. The lowest BCUT2D eigenvalue weighted by atomic mass is 10.3. The molecule has 0 aromatic rings. The van der Waals surface area contributed by atoms with E-state index in [4.69, 9.17) is 6.42 Å². The molecule has 0 heterocycles. The van der Waals surface area contributed by atoms with E-state index < -0.39 is 0 Å². The average molecular weight is 92.1 g/mol. The summed E-state index contributed by atoms with van der Waals surface area (Å²) >= 11 is 0. The normalized spacial score (nSPS) is 15.0. The third kappa shape index (κ3) is 1.45. The molecule has 36 valence electrons. The summed E-state index contributed by atoms with van der Waals surface area (Å²) < 4.78 is 0. The van der Waals surface area contributed by atoms with Crippen molar-refractivity contribution in [1.29, 1.82) is 0 Å².